The number of carbonyl (C=O) groups excluding carboxylic acids is 1. The lowest BCUT2D eigenvalue weighted by molar-refractivity contribution is 0.112. The van der Waals surface area contributed by atoms with Crippen molar-refractivity contribution in [1.82, 2.24) is 4.90 Å². The molecule has 0 radical (unpaired) electrons. The molecule has 6 nitrogen and oxygen atoms in total. The van der Waals surface area contributed by atoms with E-state index in [0.29, 0.717) is 5.56 Å². The molecule has 2 rings (SSSR count). The van der Waals surface area contributed by atoms with Gasteiger partial charge in [-0.2, -0.15) is 8.42 Å². The minimum Gasteiger partial charge on any atom is -0.377 e. The summed E-state index contributed by atoms with van der Waals surface area (Å²) in [4.78, 5) is 12.6. The number of rotatable bonds is 4. The van der Waals surface area contributed by atoms with Crippen LogP contribution in [-0.4, -0.2) is 44.9 Å². The van der Waals surface area contributed by atoms with Crippen LogP contribution in [-0.2, 0) is 14.6 Å². The lowest BCUT2D eigenvalue weighted by Gasteiger charge is -2.15. The van der Waals surface area contributed by atoms with E-state index >= 15 is 0 Å². The Morgan fingerprint density at radius 2 is 1.74 bits per heavy atom. The highest BCUT2D eigenvalue weighted by atomic mass is 32.3. The summed E-state index contributed by atoms with van der Waals surface area (Å²) < 4.78 is 29.7. The fourth-order valence-electron chi connectivity index (χ4n) is 1.59. The zero-order valence-electron chi connectivity index (χ0n) is 12.9. The number of hydrogen-bond donors (Lipinski definition) is 1. The Bertz CT molecular complexity index is 702. The van der Waals surface area contributed by atoms with Crippen LogP contribution in [0.2, 0.25) is 0 Å². The molecule has 1 aromatic carbocycles. The molecule has 1 aliphatic rings. The van der Waals surface area contributed by atoms with Crippen LogP contribution < -0.4 is 0 Å². The van der Waals surface area contributed by atoms with Gasteiger partial charge in [-0.15, -0.1) is 0 Å². The minimum atomic E-state index is -4.16. The molecule has 23 heavy (non-hydrogen) atoms. The van der Waals surface area contributed by atoms with Crippen LogP contribution in [0.25, 0.3) is 6.08 Å². The van der Waals surface area contributed by atoms with Gasteiger partial charge in [0, 0.05) is 19.2 Å². The van der Waals surface area contributed by atoms with Crippen molar-refractivity contribution >= 4 is 22.8 Å². The number of allylic oxidation sites excluding steroid dienone is 3. The average molecular weight is 337 g/mol. The molecular weight excluding hydrogens is 318 g/mol. The summed E-state index contributed by atoms with van der Waals surface area (Å²) in [5.41, 5.74) is 3.02. The van der Waals surface area contributed by atoms with E-state index in [9.17, 15) is 13.2 Å². The summed E-state index contributed by atoms with van der Waals surface area (Å²) in [5, 5.41) is 0. The van der Waals surface area contributed by atoms with Crippen LogP contribution >= 0.6 is 0 Å². The summed E-state index contributed by atoms with van der Waals surface area (Å²) in [6.07, 6.45) is 11.3. The molecule has 0 amide bonds. The standard InChI is InChI=1S/C15H15NO.CH4O4S/c1-16-10-8-14(9-11-16)3-2-13-4-6-15(12-17)7-5-13;1-5-6(2,3)4/h2-10,12H,11H2,1H3;1H3,(H,2,3,4). The number of likely N-dealkylation sites (N-methyl/N-ethyl adjacent to an activating group) is 1. The Kier molecular flexibility index (Phi) is 7.40. The monoisotopic (exact) mass is 337 g/mol. The van der Waals surface area contributed by atoms with Crippen molar-refractivity contribution in [1.29, 1.82) is 0 Å². The highest BCUT2D eigenvalue weighted by Gasteiger charge is 1.97. The van der Waals surface area contributed by atoms with Crippen molar-refractivity contribution in [2.45, 2.75) is 0 Å². The van der Waals surface area contributed by atoms with Gasteiger partial charge < -0.3 is 4.90 Å². The number of nitrogens with zero attached hydrogens (tertiary/aromatic N) is 1. The summed E-state index contributed by atoms with van der Waals surface area (Å²) in [6.45, 7) is 0.945. The second-order valence-corrected chi connectivity index (χ2v) is 5.86. The van der Waals surface area contributed by atoms with Crippen molar-refractivity contribution < 1.29 is 21.9 Å². The Labute approximate surface area is 136 Å². The molecular formula is C16H19NO5S. The predicted octanol–water partition coefficient (Wildman–Crippen LogP) is 2.33. The summed E-state index contributed by atoms with van der Waals surface area (Å²) in [6, 6.07) is 7.54. The summed E-state index contributed by atoms with van der Waals surface area (Å²) in [7, 11) is -1.24. The third kappa shape index (κ3) is 8.10. The molecule has 0 saturated heterocycles. The fraction of sp³-hybridized carbons (Fsp3) is 0.188. The molecule has 0 atom stereocenters. The van der Waals surface area contributed by atoms with E-state index in [0.717, 1.165) is 25.5 Å². The van der Waals surface area contributed by atoms with E-state index in [4.69, 9.17) is 4.55 Å². The lowest BCUT2D eigenvalue weighted by Crippen LogP contribution is -2.12. The Morgan fingerprint density at radius 3 is 2.17 bits per heavy atom. The molecule has 0 bridgehead atoms. The van der Waals surface area contributed by atoms with E-state index in [-0.39, 0.29) is 0 Å². The van der Waals surface area contributed by atoms with Gasteiger partial charge in [0.05, 0.1) is 7.11 Å². The van der Waals surface area contributed by atoms with Gasteiger partial charge >= 0.3 is 10.4 Å². The zero-order valence-corrected chi connectivity index (χ0v) is 13.7. The van der Waals surface area contributed by atoms with Crippen LogP contribution in [0.5, 0.6) is 0 Å². The smallest absolute Gasteiger partial charge is 0.377 e. The van der Waals surface area contributed by atoms with Gasteiger partial charge in [-0.05, 0) is 23.4 Å². The Hall–Kier alpha value is -2.22. The SMILES string of the molecule is CN1C=CC(C=Cc2ccc(C=O)cc2)=CC1.COS(=O)(=O)O. The van der Waals surface area contributed by atoms with Crippen LogP contribution in [0.15, 0.2) is 54.3 Å². The summed E-state index contributed by atoms with van der Waals surface area (Å²) in [5.74, 6) is 0. The van der Waals surface area contributed by atoms with Gasteiger partial charge in [-0.25, -0.2) is 0 Å². The molecule has 7 heteroatoms. The normalized spacial score (nSPS) is 14.2. The molecule has 1 aromatic rings. The van der Waals surface area contributed by atoms with Gasteiger partial charge in [0.1, 0.15) is 6.29 Å². The van der Waals surface area contributed by atoms with Gasteiger partial charge in [0.2, 0.25) is 0 Å². The maximum atomic E-state index is 10.5. The number of hydrogen-bond acceptors (Lipinski definition) is 5. The van der Waals surface area contributed by atoms with Crippen molar-refractivity contribution in [3.05, 3.63) is 65.4 Å². The molecule has 0 aromatic heterocycles. The molecule has 124 valence electrons. The minimum absolute atomic E-state index is 0.709. The predicted molar refractivity (Wildman–Crippen MR) is 89.3 cm³/mol. The van der Waals surface area contributed by atoms with Crippen molar-refractivity contribution in [3.8, 4) is 0 Å². The summed E-state index contributed by atoms with van der Waals surface area (Å²) >= 11 is 0. The van der Waals surface area contributed by atoms with E-state index < -0.39 is 10.4 Å². The molecule has 1 heterocycles. The molecule has 1 N–H and O–H groups in total. The lowest BCUT2D eigenvalue weighted by atomic mass is 10.1. The van der Waals surface area contributed by atoms with Crippen LogP contribution in [0.4, 0.5) is 0 Å². The van der Waals surface area contributed by atoms with Crippen LogP contribution in [0, 0.1) is 0 Å². The van der Waals surface area contributed by atoms with Gasteiger partial charge in [-0.3, -0.25) is 13.5 Å². The second-order valence-electron chi connectivity index (χ2n) is 4.67. The third-order valence-electron chi connectivity index (χ3n) is 2.89. The average Bonchev–Trinajstić information content (AvgIpc) is 2.55. The topological polar surface area (TPSA) is 83.9 Å². The zero-order chi connectivity index (χ0) is 17.3. The number of aldehydes is 1. The van der Waals surface area contributed by atoms with Crippen molar-refractivity contribution in [2.24, 2.45) is 0 Å². The van der Waals surface area contributed by atoms with Crippen LogP contribution in [0.3, 0.4) is 0 Å². The van der Waals surface area contributed by atoms with E-state index in [1.807, 2.05) is 31.3 Å². The van der Waals surface area contributed by atoms with Crippen LogP contribution in [0.1, 0.15) is 15.9 Å². The van der Waals surface area contributed by atoms with Crippen molar-refractivity contribution in [3.63, 3.8) is 0 Å². The molecule has 0 fully saturated rings. The highest BCUT2D eigenvalue weighted by molar-refractivity contribution is 7.80. The quantitative estimate of drug-likeness (QED) is 0.670. The van der Waals surface area contributed by atoms with E-state index in [1.54, 1.807) is 0 Å². The van der Waals surface area contributed by atoms with Gasteiger partial charge in [-0.1, -0.05) is 42.5 Å². The first-order valence-corrected chi connectivity index (χ1v) is 8.05. The maximum absolute atomic E-state index is 10.5. The maximum Gasteiger partial charge on any atom is 0.397 e. The Balaban J connectivity index is 0.000000379. The van der Waals surface area contributed by atoms with Gasteiger partial charge in [0.15, 0.2) is 0 Å². The molecule has 0 saturated carbocycles. The highest BCUT2D eigenvalue weighted by Crippen LogP contribution is 2.10. The first kappa shape index (κ1) is 18.8. The Morgan fingerprint density at radius 1 is 1.17 bits per heavy atom. The number of benzene rings is 1. The first-order chi connectivity index (χ1) is 10.8. The second kappa shape index (κ2) is 9.04. The molecule has 0 aliphatic carbocycles. The van der Waals surface area contributed by atoms with Gasteiger partial charge in [0.25, 0.3) is 0 Å². The fourth-order valence-corrected chi connectivity index (χ4v) is 1.59. The third-order valence-corrected chi connectivity index (χ3v) is 3.31. The number of carbonyl (C=O) groups is 1. The molecule has 0 unspecified atom stereocenters. The van der Waals surface area contributed by atoms with Crippen molar-refractivity contribution in [2.75, 3.05) is 20.7 Å². The first-order valence-electron chi connectivity index (χ1n) is 6.69. The molecule has 1 aliphatic heterocycles. The molecule has 0 spiro atoms. The van der Waals surface area contributed by atoms with E-state index in [1.165, 1.54) is 5.57 Å². The van der Waals surface area contributed by atoms with E-state index in [2.05, 4.69) is 39.6 Å². The largest absolute Gasteiger partial charge is 0.397 e.